The molecule has 0 saturated heterocycles. The number of hydrogen-bond donors (Lipinski definition) is 3. The number of anilines is 1. The molecule has 0 heterocycles. The maximum atomic E-state index is 12.2. The summed E-state index contributed by atoms with van der Waals surface area (Å²) in [7, 11) is -3.63. The fourth-order valence-corrected chi connectivity index (χ4v) is 2.98. The number of hydrazine groups is 1. The minimum Gasteiger partial charge on any atom is -0.375 e. The van der Waals surface area contributed by atoms with E-state index in [4.69, 9.17) is 10.6 Å². The summed E-state index contributed by atoms with van der Waals surface area (Å²) < 4.78 is 32.4. The minimum absolute atomic E-state index is 0.116. The van der Waals surface area contributed by atoms with E-state index in [9.17, 15) is 8.42 Å². The van der Waals surface area contributed by atoms with Crippen LogP contribution in [0.2, 0.25) is 0 Å². The second-order valence-corrected chi connectivity index (χ2v) is 6.39. The second kappa shape index (κ2) is 6.33. The molecule has 0 aliphatic carbocycles. The van der Waals surface area contributed by atoms with Gasteiger partial charge in [-0.1, -0.05) is 12.1 Å². The summed E-state index contributed by atoms with van der Waals surface area (Å²) in [5, 5.41) is 0. The van der Waals surface area contributed by atoms with Gasteiger partial charge in [-0.2, -0.15) is 0 Å². The van der Waals surface area contributed by atoms with Crippen LogP contribution in [0.15, 0.2) is 29.2 Å². The van der Waals surface area contributed by atoms with Crippen LogP contribution in [0.4, 0.5) is 5.69 Å². The van der Waals surface area contributed by atoms with E-state index < -0.39 is 15.6 Å². The molecule has 0 radical (unpaired) electrons. The average Bonchev–Trinajstić information content (AvgIpc) is 2.37. The average molecular weight is 287 g/mol. The summed E-state index contributed by atoms with van der Waals surface area (Å²) in [4.78, 5) is 0.116. The quantitative estimate of drug-likeness (QED) is 0.515. The Morgan fingerprint density at radius 1 is 1.32 bits per heavy atom. The Kier molecular flexibility index (Phi) is 5.30. The molecule has 0 saturated carbocycles. The number of rotatable bonds is 7. The van der Waals surface area contributed by atoms with Gasteiger partial charge in [0.15, 0.2) is 0 Å². The van der Waals surface area contributed by atoms with Crippen LogP contribution < -0.4 is 16.0 Å². The zero-order valence-electron chi connectivity index (χ0n) is 11.4. The van der Waals surface area contributed by atoms with Crippen LogP contribution >= 0.6 is 0 Å². The summed E-state index contributed by atoms with van der Waals surface area (Å²) in [5.74, 6) is 5.31. The van der Waals surface area contributed by atoms with Crippen molar-refractivity contribution < 1.29 is 13.2 Å². The number of benzene rings is 1. The lowest BCUT2D eigenvalue weighted by molar-refractivity contribution is -0.00514. The van der Waals surface area contributed by atoms with Crippen molar-refractivity contribution in [3.63, 3.8) is 0 Å². The van der Waals surface area contributed by atoms with Gasteiger partial charge in [0.05, 0.1) is 11.3 Å². The second-order valence-electron chi connectivity index (χ2n) is 4.66. The molecule has 19 heavy (non-hydrogen) atoms. The molecule has 1 aromatic carbocycles. The van der Waals surface area contributed by atoms with Crippen LogP contribution in [0, 0.1) is 0 Å². The number of nitrogens with one attached hydrogen (secondary N) is 2. The third-order valence-electron chi connectivity index (χ3n) is 2.56. The van der Waals surface area contributed by atoms with Crippen molar-refractivity contribution >= 4 is 15.7 Å². The summed E-state index contributed by atoms with van der Waals surface area (Å²) in [5.41, 5.74) is 2.16. The Hall–Kier alpha value is -1.15. The molecule has 0 spiro atoms. The monoisotopic (exact) mass is 287 g/mol. The number of para-hydroxylation sites is 1. The molecule has 1 rings (SSSR count). The standard InChI is InChI=1S/C12H21N3O3S/c1-4-18-12(2,3)9-14-19(16,17)11-8-6-5-7-10(11)15-13/h5-8,14-15H,4,9,13H2,1-3H3. The highest BCUT2D eigenvalue weighted by Gasteiger charge is 2.23. The van der Waals surface area contributed by atoms with Gasteiger partial charge in [0, 0.05) is 13.2 Å². The number of nitrogens with two attached hydrogens (primary N) is 1. The zero-order chi connectivity index (χ0) is 14.5. The predicted octanol–water partition coefficient (Wildman–Crippen LogP) is 1.07. The molecular weight excluding hydrogens is 266 g/mol. The van der Waals surface area contributed by atoms with Gasteiger partial charge < -0.3 is 10.2 Å². The lowest BCUT2D eigenvalue weighted by Crippen LogP contribution is -2.40. The summed E-state index contributed by atoms with van der Waals surface area (Å²) >= 11 is 0. The number of nitrogen functional groups attached to an aromatic ring is 1. The van der Waals surface area contributed by atoms with Gasteiger partial charge >= 0.3 is 0 Å². The third kappa shape index (κ3) is 4.46. The van der Waals surface area contributed by atoms with Crippen molar-refractivity contribution in [2.45, 2.75) is 31.3 Å². The first-order valence-electron chi connectivity index (χ1n) is 6.01. The van der Waals surface area contributed by atoms with Gasteiger partial charge in [-0.05, 0) is 32.9 Å². The normalized spacial score (nSPS) is 12.4. The number of ether oxygens (including phenoxy) is 1. The fraction of sp³-hybridized carbons (Fsp3) is 0.500. The molecular formula is C12H21N3O3S. The van der Waals surface area contributed by atoms with Gasteiger partial charge in [-0.25, -0.2) is 13.1 Å². The molecule has 0 aromatic heterocycles. The Morgan fingerprint density at radius 2 is 1.95 bits per heavy atom. The molecule has 6 nitrogen and oxygen atoms in total. The van der Waals surface area contributed by atoms with Crippen LogP contribution in [0.5, 0.6) is 0 Å². The highest BCUT2D eigenvalue weighted by molar-refractivity contribution is 7.89. The molecule has 0 aliphatic heterocycles. The van der Waals surface area contributed by atoms with Gasteiger partial charge in [-0.15, -0.1) is 0 Å². The van der Waals surface area contributed by atoms with E-state index in [1.807, 2.05) is 20.8 Å². The van der Waals surface area contributed by atoms with Crippen molar-refractivity contribution in [2.24, 2.45) is 5.84 Å². The molecule has 0 aliphatic rings. The summed E-state index contributed by atoms with van der Waals surface area (Å²) in [6.45, 7) is 6.22. The highest BCUT2D eigenvalue weighted by atomic mass is 32.2. The van der Waals surface area contributed by atoms with Crippen LogP contribution in [-0.4, -0.2) is 27.2 Å². The highest BCUT2D eigenvalue weighted by Crippen LogP contribution is 2.20. The molecule has 7 heteroatoms. The summed E-state index contributed by atoms with van der Waals surface area (Å²) in [6, 6.07) is 6.44. The van der Waals surface area contributed by atoms with E-state index in [0.29, 0.717) is 12.3 Å². The molecule has 0 fully saturated rings. The van der Waals surface area contributed by atoms with Gasteiger partial charge in [0.25, 0.3) is 0 Å². The molecule has 4 N–H and O–H groups in total. The SMILES string of the molecule is CCOC(C)(C)CNS(=O)(=O)c1ccccc1NN. The third-order valence-corrected chi connectivity index (χ3v) is 4.01. The lowest BCUT2D eigenvalue weighted by Gasteiger charge is -2.25. The molecule has 0 amide bonds. The lowest BCUT2D eigenvalue weighted by atomic mass is 10.1. The van der Waals surface area contributed by atoms with Crippen LogP contribution in [-0.2, 0) is 14.8 Å². The maximum absolute atomic E-state index is 12.2. The first kappa shape index (κ1) is 15.9. The Balaban J connectivity index is 2.87. The number of hydrogen-bond acceptors (Lipinski definition) is 5. The van der Waals surface area contributed by atoms with E-state index >= 15 is 0 Å². The Bertz CT molecular complexity index is 515. The van der Waals surface area contributed by atoms with E-state index in [0.717, 1.165) is 0 Å². The van der Waals surface area contributed by atoms with Crippen molar-refractivity contribution in [1.29, 1.82) is 0 Å². The first-order chi connectivity index (χ1) is 8.82. The van der Waals surface area contributed by atoms with Gasteiger partial charge in [0.1, 0.15) is 4.90 Å². The largest absolute Gasteiger partial charge is 0.375 e. The fourth-order valence-electron chi connectivity index (χ4n) is 1.61. The van der Waals surface area contributed by atoms with E-state index in [1.54, 1.807) is 18.2 Å². The van der Waals surface area contributed by atoms with Crippen molar-refractivity contribution in [2.75, 3.05) is 18.6 Å². The predicted molar refractivity (Wildman–Crippen MR) is 75.1 cm³/mol. The van der Waals surface area contributed by atoms with E-state index in [1.165, 1.54) is 6.07 Å². The van der Waals surface area contributed by atoms with Gasteiger partial charge in [-0.3, -0.25) is 5.84 Å². The maximum Gasteiger partial charge on any atom is 0.242 e. The smallest absolute Gasteiger partial charge is 0.242 e. The molecule has 0 bridgehead atoms. The molecule has 0 atom stereocenters. The summed E-state index contributed by atoms with van der Waals surface area (Å²) in [6.07, 6.45) is 0. The van der Waals surface area contributed by atoms with Crippen LogP contribution in [0.3, 0.4) is 0 Å². The molecule has 108 valence electrons. The molecule has 1 aromatic rings. The van der Waals surface area contributed by atoms with Crippen molar-refractivity contribution in [1.82, 2.24) is 4.72 Å². The van der Waals surface area contributed by atoms with Crippen molar-refractivity contribution in [3.8, 4) is 0 Å². The van der Waals surface area contributed by atoms with Crippen LogP contribution in [0.1, 0.15) is 20.8 Å². The Labute approximate surface area is 114 Å². The Morgan fingerprint density at radius 3 is 2.53 bits per heavy atom. The molecule has 0 unspecified atom stereocenters. The van der Waals surface area contributed by atoms with Crippen molar-refractivity contribution in [3.05, 3.63) is 24.3 Å². The minimum atomic E-state index is -3.63. The van der Waals surface area contributed by atoms with E-state index in [-0.39, 0.29) is 11.4 Å². The first-order valence-corrected chi connectivity index (χ1v) is 7.50. The number of sulfonamides is 1. The van der Waals surface area contributed by atoms with Gasteiger partial charge in [0.2, 0.25) is 10.0 Å². The topological polar surface area (TPSA) is 93.4 Å². The van der Waals surface area contributed by atoms with E-state index in [2.05, 4.69) is 10.1 Å². The van der Waals surface area contributed by atoms with Crippen LogP contribution in [0.25, 0.3) is 0 Å². The zero-order valence-corrected chi connectivity index (χ0v) is 12.3.